The van der Waals surface area contributed by atoms with Gasteiger partial charge in [-0.3, -0.25) is 9.59 Å². The van der Waals surface area contributed by atoms with E-state index in [1.807, 2.05) is 56.3 Å². The van der Waals surface area contributed by atoms with E-state index in [2.05, 4.69) is 10.6 Å². The number of hydrogen-bond donors (Lipinski definition) is 2. The van der Waals surface area contributed by atoms with Gasteiger partial charge in [0.05, 0.1) is 0 Å². The Hall–Kier alpha value is -2.33. The number of rotatable bonds is 6. The average Bonchev–Trinajstić information content (AvgIpc) is 3.42. The van der Waals surface area contributed by atoms with E-state index in [1.165, 1.54) is 5.56 Å². The fraction of sp³-hybridized carbons (Fsp3) is 0.333. The van der Waals surface area contributed by atoms with E-state index in [-0.39, 0.29) is 11.8 Å². The smallest absolute Gasteiger partial charge is 0.240 e. The van der Waals surface area contributed by atoms with Crippen molar-refractivity contribution in [2.45, 2.75) is 33.1 Å². The van der Waals surface area contributed by atoms with Crippen LogP contribution in [0.4, 0.5) is 5.69 Å². The molecule has 26 heavy (non-hydrogen) atoms. The molecular formula is C21H23ClN2O2. The van der Waals surface area contributed by atoms with Gasteiger partial charge in [-0.2, -0.15) is 0 Å². The molecule has 0 aliphatic heterocycles. The van der Waals surface area contributed by atoms with Crippen molar-refractivity contribution < 1.29 is 9.59 Å². The average molecular weight is 371 g/mol. The van der Waals surface area contributed by atoms with Gasteiger partial charge in [0.2, 0.25) is 11.8 Å². The van der Waals surface area contributed by atoms with Crippen molar-refractivity contribution in [1.29, 1.82) is 0 Å². The zero-order valence-corrected chi connectivity index (χ0v) is 15.8. The lowest BCUT2D eigenvalue weighted by Gasteiger charge is -2.16. The third kappa shape index (κ3) is 4.07. The molecule has 5 heteroatoms. The lowest BCUT2D eigenvalue weighted by Crippen LogP contribution is -2.40. The highest BCUT2D eigenvalue weighted by Gasteiger charge is 2.56. The molecule has 2 amide bonds. The number of hydrogen-bond acceptors (Lipinski definition) is 2. The van der Waals surface area contributed by atoms with Crippen molar-refractivity contribution in [1.82, 2.24) is 5.32 Å². The molecule has 0 spiro atoms. The van der Waals surface area contributed by atoms with Gasteiger partial charge in [0.15, 0.2) is 0 Å². The molecule has 4 nitrogen and oxygen atoms in total. The van der Waals surface area contributed by atoms with Crippen molar-refractivity contribution in [3.8, 4) is 0 Å². The molecule has 0 heterocycles. The van der Waals surface area contributed by atoms with E-state index in [0.717, 1.165) is 16.8 Å². The summed E-state index contributed by atoms with van der Waals surface area (Å²) in [5.74, 6) is -0.405. The van der Waals surface area contributed by atoms with Crippen molar-refractivity contribution >= 4 is 29.1 Å². The van der Waals surface area contributed by atoms with Gasteiger partial charge >= 0.3 is 0 Å². The van der Waals surface area contributed by atoms with Crippen LogP contribution in [0.5, 0.6) is 0 Å². The summed E-state index contributed by atoms with van der Waals surface area (Å²) in [6.45, 7) is 4.53. The quantitative estimate of drug-likeness (QED) is 0.754. The minimum Gasteiger partial charge on any atom is -0.355 e. The SMILES string of the molecule is Cc1ccc(NC(=O)C2(C(=O)NCCc3ccc(Cl)cc3)CC2)cc1C. The van der Waals surface area contributed by atoms with Gasteiger partial charge < -0.3 is 10.6 Å². The summed E-state index contributed by atoms with van der Waals surface area (Å²) in [6.07, 6.45) is 1.89. The number of benzene rings is 2. The maximum Gasteiger partial charge on any atom is 0.240 e. The Bertz CT molecular complexity index is 826. The van der Waals surface area contributed by atoms with Crippen molar-refractivity contribution in [3.05, 3.63) is 64.2 Å². The molecule has 2 aromatic rings. The number of nitrogens with one attached hydrogen (secondary N) is 2. The number of aryl methyl sites for hydroxylation is 2. The van der Waals surface area contributed by atoms with Crippen LogP contribution in [0.1, 0.15) is 29.5 Å². The number of amides is 2. The summed E-state index contributed by atoms with van der Waals surface area (Å²) >= 11 is 5.87. The van der Waals surface area contributed by atoms with Gasteiger partial charge in [-0.25, -0.2) is 0 Å². The highest BCUT2D eigenvalue weighted by molar-refractivity contribution is 6.30. The van der Waals surface area contributed by atoms with E-state index in [0.29, 0.717) is 30.8 Å². The van der Waals surface area contributed by atoms with Crippen molar-refractivity contribution in [2.24, 2.45) is 5.41 Å². The molecular weight excluding hydrogens is 348 g/mol. The molecule has 0 atom stereocenters. The second-order valence-corrected chi connectivity index (χ2v) is 7.40. The van der Waals surface area contributed by atoms with Crippen LogP contribution in [0, 0.1) is 19.3 Å². The minimum absolute atomic E-state index is 0.187. The first-order valence-electron chi connectivity index (χ1n) is 8.82. The van der Waals surface area contributed by atoms with E-state index in [9.17, 15) is 9.59 Å². The molecule has 1 fully saturated rings. The van der Waals surface area contributed by atoms with Gasteiger partial charge in [-0.1, -0.05) is 29.8 Å². The van der Waals surface area contributed by atoms with Gasteiger partial charge in [-0.05, 0) is 74.1 Å². The molecule has 0 aromatic heterocycles. The first kappa shape index (κ1) is 18.5. The van der Waals surface area contributed by atoms with Crippen LogP contribution in [0.2, 0.25) is 5.02 Å². The molecule has 1 saturated carbocycles. The minimum atomic E-state index is -0.918. The van der Waals surface area contributed by atoms with Gasteiger partial charge in [0.25, 0.3) is 0 Å². The Kier molecular flexibility index (Phi) is 5.33. The summed E-state index contributed by atoms with van der Waals surface area (Å²) < 4.78 is 0. The summed E-state index contributed by atoms with van der Waals surface area (Å²) in [7, 11) is 0. The summed E-state index contributed by atoms with van der Waals surface area (Å²) in [5.41, 5.74) is 3.19. The largest absolute Gasteiger partial charge is 0.355 e. The lowest BCUT2D eigenvalue weighted by molar-refractivity contribution is -0.134. The van der Waals surface area contributed by atoms with Crippen molar-refractivity contribution in [2.75, 3.05) is 11.9 Å². The van der Waals surface area contributed by atoms with Gasteiger partial charge in [0.1, 0.15) is 5.41 Å². The first-order chi connectivity index (χ1) is 12.4. The van der Waals surface area contributed by atoms with Crippen LogP contribution >= 0.6 is 11.6 Å². The molecule has 1 aliphatic rings. The number of anilines is 1. The lowest BCUT2D eigenvalue weighted by atomic mass is 10.0. The number of halogens is 1. The highest BCUT2D eigenvalue weighted by atomic mass is 35.5. The Labute approximate surface area is 158 Å². The first-order valence-corrected chi connectivity index (χ1v) is 9.20. The molecule has 2 N–H and O–H groups in total. The van der Waals surface area contributed by atoms with Gasteiger partial charge in [0, 0.05) is 17.3 Å². The third-order valence-corrected chi connectivity index (χ3v) is 5.25. The zero-order valence-electron chi connectivity index (χ0n) is 15.1. The monoisotopic (exact) mass is 370 g/mol. The maximum absolute atomic E-state index is 12.6. The van der Waals surface area contributed by atoms with Crippen molar-refractivity contribution in [3.63, 3.8) is 0 Å². The maximum atomic E-state index is 12.6. The molecule has 1 aliphatic carbocycles. The Morgan fingerprint density at radius 1 is 1.00 bits per heavy atom. The Balaban J connectivity index is 1.55. The molecule has 0 unspecified atom stereocenters. The number of carbonyl (C=O) groups excluding carboxylic acids is 2. The third-order valence-electron chi connectivity index (χ3n) is 5.00. The molecule has 2 aromatic carbocycles. The molecule has 0 bridgehead atoms. The fourth-order valence-corrected chi connectivity index (χ4v) is 3.02. The Morgan fingerprint density at radius 2 is 1.69 bits per heavy atom. The van der Waals surface area contributed by atoms with Crippen LogP contribution in [-0.4, -0.2) is 18.4 Å². The van der Waals surface area contributed by atoms with E-state index >= 15 is 0 Å². The van der Waals surface area contributed by atoms with Crippen LogP contribution in [0.15, 0.2) is 42.5 Å². The van der Waals surface area contributed by atoms with E-state index in [4.69, 9.17) is 11.6 Å². The number of carbonyl (C=O) groups is 2. The second kappa shape index (κ2) is 7.50. The molecule has 0 saturated heterocycles. The van der Waals surface area contributed by atoms with Crippen LogP contribution in [0.25, 0.3) is 0 Å². The molecule has 3 rings (SSSR count). The predicted octanol–water partition coefficient (Wildman–Crippen LogP) is 4.03. The summed E-state index contributed by atoms with van der Waals surface area (Å²) in [5, 5.41) is 6.49. The zero-order chi connectivity index (χ0) is 18.7. The van der Waals surface area contributed by atoms with Crippen LogP contribution in [0.3, 0.4) is 0 Å². The van der Waals surface area contributed by atoms with E-state index in [1.54, 1.807) is 0 Å². The van der Waals surface area contributed by atoms with E-state index < -0.39 is 5.41 Å². The topological polar surface area (TPSA) is 58.2 Å². The standard InChI is InChI=1S/C21H23ClN2O2/c1-14-3-8-18(13-15(14)2)24-20(26)21(10-11-21)19(25)23-12-9-16-4-6-17(22)7-5-16/h3-8,13H,9-12H2,1-2H3,(H,23,25)(H,24,26). The summed E-state index contributed by atoms with van der Waals surface area (Å²) in [6, 6.07) is 13.3. The predicted molar refractivity (Wildman–Crippen MR) is 104 cm³/mol. The normalized spacial score (nSPS) is 14.6. The Morgan fingerprint density at radius 3 is 2.31 bits per heavy atom. The summed E-state index contributed by atoms with van der Waals surface area (Å²) in [4.78, 5) is 25.1. The highest BCUT2D eigenvalue weighted by Crippen LogP contribution is 2.46. The molecule has 136 valence electrons. The van der Waals surface area contributed by atoms with Gasteiger partial charge in [-0.15, -0.1) is 0 Å². The van der Waals surface area contributed by atoms with Crippen LogP contribution < -0.4 is 10.6 Å². The second-order valence-electron chi connectivity index (χ2n) is 6.97. The molecule has 0 radical (unpaired) electrons. The van der Waals surface area contributed by atoms with Crippen LogP contribution in [-0.2, 0) is 16.0 Å². The fourth-order valence-electron chi connectivity index (χ4n) is 2.89.